The second kappa shape index (κ2) is 7.07. The standard InChI is InChI=1S/C17H17NO2S/c1-3-13-8-10-21-16(13)17(20)18-15-11-12(2)6-7-14(15)5-4-9-19/h6-8,10-11,19H,3,9H2,1-2H3,(H,18,20). The zero-order valence-electron chi connectivity index (χ0n) is 12.1. The Kier molecular flexibility index (Phi) is 5.15. The molecule has 3 nitrogen and oxygen atoms in total. The summed E-state index contributed by atoms with van der Waals surface area (Å²) >= 11 is 1.44. The third-order valence-corrected chi connectivity index (χ3v) is 4.01. The monoisotopic (exact) mass is 299 g/mol. The van der Waals surface area contributed by atoms with Gasteiger partial charge in [-0.3, -0.25) is 4.79 Å². The van der Waals surface area contributed by atoms with Crippen LogP contribution in [0.5, 0.6) is 0 Å². The van der Waals surface area contributed by atoms with Gasteiger partial charge in [0.25, 0.3) is 5.91 Å². The van der Waals surface area contributed by atoms with E-state index in [0.717, 1.165) is 22.4 Å². The second-order valence-corrected chi connectivity index (χ2v) is 5.51. The van der Waals surface area contributed by atoms with Crippen molar-refractivity contribution in [3.05, 3.63) is 51.2 Å². The van der Waals surface area contributed by atoms with Crippen molar-refractivity contribution in [3.63, 3.8) is 0 Å². The molecular weight excluding hydrogens is 282 g/mol. The van der Waals surface area contributed by atoms with Crippen LogP contribution >= 0.6 is 11.3 Å². The fourth-order valence-electron chi connectivity index (χ4n) is 2.00. The van der Waals surface area contributed by atoms with Gasteiger partial charge in [0, 0.05) is 5.56 Å². The summed E-state index contributed by atoms with van der Waals surface area (Å²) in [4.78, 5) is 13.1. The number of amides is 1. The SMILES string of the molecule is CCc1ccsc1C(=O)Nc1cc(C)ccc1C#CCO. The zero-order chi connectivity index (χ0) is 15.2. The quantitative estimate of drug-likeness (QED) is 0.855. The van der Waals surface area contributed by atoms with Crippen LogP contribution in [0.1, 0.15) is 33.3 Å². The van der Waals surface area contributed by atoms with Gasteiger partial charge in [-0.05, 0) is 48.1 Å². The summed E-state index contributed by atoms with van der Waals surface area (Å²) in [6.07, 6.45) is 0.831. The number of hydrogen-bond acceptors (Lipinski definition) is 3. The lowest BCUT2D eigenvalue weighted by Crippen LogP contribution is -2.13. The number of aliphatic hydroxyl groups is 1. The summed E-state index contributed by atoms with van der Waals surface area (Å²) in [5.74, 6) is 5.36. The Bertz CT molecular complexity index is 707. The van der Waals surface area contributed by atoms with E-state index >= 15 is 0 Å². The predicted octanol–water partition coefficient (Wildman–Crippen LogP) is 3.22. The van der Waals surface area contributed by atoms with Crippen molar-refractivity contribution in [2.75, 3.05) is 11.9 Å². The number of carbonyl (C=O) groups is 1. The van der Waals surface area contributed by atoms with Crippen molar-refractivity contribution in [1.82, 2.24) is 0 Å². The molecule has 2 N–H and O–H groups in total. The first-order chi connectivity index (χ1) is 10.2. The maximum atomic E-state index is 12.4. The van der Waals surface area contributed by atoms with E-state index in [4.69, 9.17) is 5.11 Å². The average molecular weight is 299 g/mol. The van der Waals surface area contributed by atoms with Crippen LogP contribution in [-0.4, -0.2) is 17.6 Å². The summed E-state index contributed by atoms with van der Waals surface area (Å²) in [6, 6.07) is 7.64. The number of rotatable bonds is 3. The molecule has 0 aliphatic heterocycles. The number of anilines is 1. The summed E-state index contributed by atoms with van der Waals surface area (Å²) in [6.45, 7) is 3.79. The van der Waals surface area contributed by atoms with Crippen LogP contribution in [0.2, 0.25) is 0 Å². The van der Waals surface area contributed by atoms with Gasteiger partial charge in [-0.25, -0.2) is 0 Å². The van der Waals surface area contributed by atoms with Crippen LogP contribution in [0.3, 0.4) is 0 Å². The number of carbonyl (C=O) groups excluding carboxylic acids is 1. The fraction of sp³-hybridized carbons (Fsp3) is 0.235. The number of nitrogens with one attached hydrogen (secondary N) is 1. The van der Waals surface area contributed by atoms with Gasteiger partial charge in [0.1, 0.15) is 6.61 Å². The van der Waals surface area contributed by atoms with E-state index in [1.807, 2.05) is 43.5 Å². The molecular formula is C17H17NO2S. The molecule has 1 amide bonds. The summed E-state index contributed by atoms with van der Waals surface area (Å²) in [5, 5.41) is 13.7. The molecule has 108 valence electrons. The molecule has 1 heterocycles. The molecule has 0 spiro atoms. The highest BCUT2D eigenvalue weighted by Gasteiger charge is 2.13. The lowest BCUT2D eigenvalue weighted by Gasteiger charge is -2.09. The summed E-state index contributed by atoms with van der Waals surface area (Å²) < 4.78 is 0. The zero-order valence-corrected chi connectivity index (χ0v) is 12.9. The van der Waals surface area contributed by atoms with E-state index in [0.29, 0.717) is 11.3 Å². The molecule has 2 rings (SSSR count). The van der Waals surface area contributed by atoms with Crippen molar-refractivity contribution in [2.24, 2.45) is 0 Å². The molecule has 0 radical (unpaired) electrons. The summed E-state index contributed by atoms with van der Waals surface area (Å²) in [5.41, 5.74) is 3.48. The lowest BCUT2D eigenvalue weighted by molar-refractivity contribution is 0.103. The molecule has 0 bridgehead atoms. The van der Waals surface area contributed by atoms with Gasteiger partial charge in [-0.1, -0.05) is 24.8 Å². The molecule has 1 aromatic heterocycles. The summed E-state index contributed by atoms with van der Waals surface area (Å²) in [7, 11) is 0. The van der Waals surface area contributed by atoms with Gasteiger partial charge in [0.15, 0.2) is 0 Å². The van der Waals surface area contributed by atoms with E-state index in [-0.39, 0.29) is 12.5 Å². The van der Waals surface area contributed by atoms with Crippen LogP contribution in [0.15, 0.2) is 29.6 Å². The van der Waals surface area contributed by atoms with Crippen LogP contribution in [-0.2, 0) is 6.42 Å². The van der Waals surface area contributed by atoms with Gasteiger partial charge >= 0.3 is 0 Å². The predicted molar refractivity (Wildman–Crippen MR) is 86.8 cm³/mol. The van der Waals surface area contributed by atoms with Crippen molar-refractivity contribution in [2.45, 2.75) is 20.3 Å². The van der Waals surface area contributed by atoms with E-state index in [9.17, 15) is 4.79 Å². The number of aliphatic hydroxyl groups excluding tert-OH is 1. The van der Waals surface area contributed by atoms with Crippen LogP contribution < -0.4 is 5.32 Å². The largest absolute Gasteiger partial charge is 0.384 e. The normalized spacial score (nSPS) is 9.86. The first kappa shape index (κ1) is 15.3. The van der Waals surface area contributed by atoms with Crippen molar-refractivity contribution in [1.29, 1.82) is 0 Å². The van der Waals surface area contributed by atoms with Crippen molar-refractivity contribution >= 4 is 22.9 Å². The van der Waals surface area contributed by atoms with Gasteiger partial charge in [0.05, 0.1) is 10.6 Å². The van der Waals surface area contributed by atoms with E-state index < -0.39 is 0 Å². The Morgan fingerprint density at radius 2 is 2.19 bits per heavy atom. The molecule has 0 atom stereocenters. The lowest BCUT2D eigenvalue weighted by atomic mass is 10.1. The molecule has 0 aliphatic rings. The Morgan fingerprint density at radius 3 is 2.90 bits per heavy atom. The molecule has 2 aromatic rings. The van der Waals surface area contributed by atoms with E-state index in [1.54, 1.807) is 0 Å². The first-order valence-corrected chi connectivity index (χ1v) is 7.61. The molecule has 4 heteroatoms. The van der Waals surface area contributed by atoms with Crippen LogP contribution in [0.25, 0.3) is 0 Å². The molecule has 21 heavy (non-hydrogen) atoms. The fourth-order valence-corrected chi connectivity index (χ4v) is 2.89. The molecule has 0 saturated heterocycles. The third-order valence-electron chi connectivity index (χ3n) is 3.06. The minimum Gasteiger partial charge on any atom is -0.384 e. The topological polar surface area (TPSA) is 49.3 Å². The van der Waals surface area contributed by atoms with Gasteiger partial charge in [-0.15, -0.1) is 11.3 Å². The molecule has 0 unspecified atom stereocenters. The highest BCUT2D eigenvalue weighted by Crippen LogP contribution is 2.22. The Hall–Kier alpha value is -2.09. The van der Waals surface area contributed by atoms with Crippen molar-refractivity contribution in [3.8, 4) is 11.8 Å². The minimum atomic E-state index is -0.202. The van der Waals surface area contributed by atoms with Gasteiger partial charge in [0.2, 0.25) is 0 Å². The number of aryl methyl sites for hydroxylation is 2. The number of thiophene rings is 1. The van der Waals surface area contributed by atoms with E-state index in [1.165, 1.54) is 11.3 Å². The number of benzene rings is 1. The molecule has 0 aliphatic carbocycles. The van der Waals surface area contributed by atoms with Gasteiger partial charge in [-0.2, -0.15) is 0 Å². The number of hydrogen-bond donors (Lipinski definition) is 2. The third kappa shape index (κ3) is 3.72. The van der Waals surface area contributed by atoms with Gasteiger partial charge < -0.3 is 10.4 Å². The molecule has 0 saturated carbocycles. The van der Waals surface area contributed by atoms with Crippen LogP contribution in [0.4, 0.5) is 5.69 Å². The maximum absolute atomic E-state index is 12.4. The second-order valence-electron chi connectivity index (χ2n) is 4.59. The average Bonchev–Trinajstić information content (AvgIpc) is 2.95. The Balaban J connectivity index is 2.30. The molecule has 0 fully saturated rings. The first-order valence-electron chi connectivity index (χ1n) is 6.73. The Labute approximate surface area is 128 Å². The Morgan fingerprint density at radius 1 is 1.38 bits per heavy atom. The highest BCUT2D eigenvalue weighted by molar-refractivity contribution is 7.12. The van der Waals surface area contributed by atoms with Crippen LogP contribution in [0, 0.1) is 18.8 Å². The molecule has 1 aromatic carbocycles. The maximum Gasteiger partial charge on any atom is 0.266 e. The van der Waals surface area contributed by atoms with Crippen molar-refractivity contribution < 1.29 is 9.90 Å². The van der Waals surface area contributed by atoms with E-state index in [2.05, 4.69) is 17.2 Å². The smallest absolute Gasteiger partial charge is 0.266 e. The highest BCUT2D eigenvalue weighted by atomic mass is 32.1. The minimum absolute atomic E-state index is 0.112.